The van der Waals surface area contributed by atoms with Gasteiger partial charge in [0.2, 0.25) is 23.3 Å². The van der Waals surface area contributed by atoms with Crippen LogP contribution in [-0.2, 0) is 60.0 Å². The number of ether oxygens (including phenoxy) is 4. The zero-order chi connectivity index (χ0) is 59.6. The van der Waals surface area contributed by atoms with Crippen LogP contribution in [-0.4, -0.2) is 148 Å². The summed E-state index contributed by atoms with van der Waals surface area (Å²) in [6, 6.07) is 22.7. The monoisotopic (exact) mass is 1170 g/mol. The third-order valence-electron chi connectivity index (χ3n) is 14.7. The number of carbonyl (C=O) groups excluding carboxylic acids is 4. The highest BCUT2D eigenvalue weighted by Gasteiger charge is 2.44. The smallest absolute Gasteiger partial charge is 0.322 e. The van der Waals surface area contributed by atoms with Crippen LogP contribution in [0.25, 0.3) is 21.6 Å². The van der Waals surface area contributed by atoms with Gasteiger partial charge in [-0.15, -0.1) is 11.3 Å². The van der Waals surface area contributed by atoms with Gasteiger partial charge in [-0.1, -0.05) is 57.2 Å². The molecule has 446 valence electrons. The van der Waals surface area contributed by atoms with Gasteiger partial charge < -0.3 is 54.8 Å². The molecular weight excluding hydrogens is 1090 g/mol. The average molecular weight is 1170 g/mol. The fourth-order valence-electron chi connectivity index (χ4n) is 10.2. The lowest BCUT2D eigenvalue weighted by Crippen LogP contribution is -2.58. The molecule has 2 aromatic carbocycles. The van der Waals surface area contributed by atoms with Crippen LogP contribution in [0, 0.1) is 23.7 Å². The fourth-order valence-corrected chi connectivity index (χ4v) is 11.0. The van der Waals surface area contributed by atoms with E-state index < -0.39 is 35.4 Å². The minimum atomic E-state index is -0.982. The standard InChI is InChI=1S/C61H76N12O10S/c1-41-56(84-40-66-41)46-9-6-42(7-10-46)32-64-58(77)52-30-51(74)38-72(52)59(78)57(61(2,3)4)69-54(75)39-83-29-28-82-27-26-81-25-24-80-23-22-71-36-44(35-67-71)34-65-60(79)73(49-16-11-45(12-17-49)47-13-21-55(76)70(5)37-47)50-18-14-48(15-19-50)68-53-20-8-43(31-62)33-63-53/h6-13,16-17,20-21,33,35-37,40,48,50-52,57,74H,14-15,18-19,22-30,32,34,38-39H2,1-5H3,(H,63,68)(H,64,77)(H,65,79)(H,69,75)/t48-,50-,51-,52+,57-/m1/s1. The third-order valence-corrected chi connectivity index (χ3v) is 15.7. The predicted octanol–water partition coefficient (Wildman–Crippen LogP) is 5.96. The number of rotatable bonds is 27. The number of nitrogens with one attached hydrogen (secondary N) is 4. The molecule has 5 N–H and O–H groups in total. The van der Waals surface area contributed by atoms with Gasteiger partial charge in [-0.05, 0) is 90.6 Å². The van der Waals surface area contributed by atoms with Crippen molar-refractivity contribution in [2.75, 3.05) is 69.6 Å². The molecule has 0 bridgehead atoms. The van der Waals surface area contributed by atoms with Crippen molar-refractivity contribution >= 4 is 46.6 Å². The third kappa shape index (κ3) is 17.6. The Bertz CT molecular complexity index is 3220. The molecule has 2 fully saturated rings. The molecule has 0 unspecified atom stereocenters. The summed E-state index contributed by atoms with van der Waals surface area (Å²) in [5.74, 6) is -0.620. The molecule has 5 amide bonds. The number of aliphatic hydroxyl groups is 1. The van der Waals surface area contributed by atoms with Crippen LogP contribution in [0.2, 0.25) is 0 Å². The number of urea groups is 1. The minimum Gasteiger partial charge on any atom is -0.391 e. The molecule has 6 aromatic rings. The molecule has 3 atom stereocenters. The van der Waals surface area contributed by atoms with Crippen LogP contribution in [0.15, 0.2) is 108 Å². The highest BCUT2D eigenvalue weighted by Crippen LogP contribution is 2.32. The van der Waals surface area contributed by atoms with Crippen molar-refractivity contribution in [3.8, 4) is 27.6 Å². The van der Waals surface area contributed by atoms with E-state index in [0.717, 1.165) is 69.8 Å². The van der Waals surface area contributed by atoms with E-state index in [0.29, 0.717) is 51.0 Å². The summed E-state index contributed by atoms with van der Waals surface area (Å²) in [4.78, 5) is 79.6. The summed E-state index contributed by atoms with van der Waals surface area (Å²) in [5, 5.41) is 36.5. The lowest BCUT2D eigenvalue weighted by molar-refractivity contribution is -0.144. The summed E-state index contributed by atoms with van der Waals surface area (Å²) in [6.45, 7) is 10.2. The van der Waals surface area contributed by atoms with Gasteiger partial charge in [0, 0.05) is 81.1 Å². The number of aryl methyl sites for hydroxylation is 2. The van der Waals surface area contributed by atoms with Crippen molar-refractivity contribution in [3.05, 3.63) is 136 Å². The minimum absolute atomic E-state index is 0.0289. The Hall–Kier alpha value is -7.85. The Morgan fingerprint density at radius 1 is 0.798 bits per heavy atom. The Balaban J connectivity index is 0.689. The van der Waals surface area contributed by atoms with Crippen LogP contribution >= 0.6 is 11.3 Å². The van der Waals surface area contributed by atoms with Gasteiger partial charge in [0.25, 0.3) is 0 Å². The molecule has 22 nitrogen and oxygen atoms in total. The number of likely N-dealkylation sites (tertiary alicyclic amines) is 1. The number of carbonyl (C=O) groups is 4. The molecule has 0 spiro atoms. The molecule has 1 saturated heterocycles. The van der Waals surface area contributed by atoms with Gasteiger partial charge in [0.15, 0.2) is 0 Å². The van der Waals surface area contributed by atoms with E-state index >= 15 is 0 Å². The van der Waals surface area contributed by atoms with Crippen LogP contribution in [0.5, 0.6) is 0 Å². The Labute approximate surface area is 493 Å². The second-order valence-corrected chi connectivity index (χ2v) is 22.9. The Morgan fingerprint density at radius 2 is 1.46 bits per heavy atom. The second kappa shape index (κ2) is 30.1. The van der Waals surface area contributed by atoms with Gasteiger partial charge in [-0.25, -0.2) is 14.8 Å². The molecule has 0 radical (unpaired) electrons. The maximum absolute atomic E-state index is 14.1. The lowest BCUT2D eigenvalue weighted by Gasteiger charge is -2.37. The number of nitriles is 1. The molecule has 5 heterocycles. The maximum Gasteiger partial charge on any atom is 0.322 e. The number of hydrogen-bond donors (Lipinski definition) is 5. The first kappa shape index (κ1) is 62.2. The number of pyridine rings is 2. The molecular formula is C61H76N12O10S. The molecule has 1 saturated carbocycles. The summed E-state index contributed by atoms with van der Waals surface area (Å²) >= 11 is 1.57. The van der Waals surface area contributed by atoms with Gasteiger partial charge in [0.1, 0.15) is 30.6 Å². The van der Waals surface area contributed by atoms with Crippen molar-refractivity contribution in [1.82, 2.24) is 45.2 Å². The topological polar surface area (TPSA) is 269 Å². The highest BCUT2D eigenvalue weighted by molar-refractivity contribution is 7.13. The molecule has 84 heavy (non-hydrogen) atoms. The highest BCUT2D eigenvalue weighted by atomic mass is 32.1. The van der Waals surface area contributed by atoms with E-state index in [9.17, 15) is 29.1 Å². The van der Waals surface area contributed by atoms with Crippen molar-refractivity contribution < 1.29 is 43.2 Å². The van der Waals surface area contributed by atoms with Gasteiger partial charge in [-0.3, -0.25) is 28.8 Å². The average Bonchev–Trinajstić information content (AvgIpc) is 4.35. The molecule has 8 rings (SSSR count). The summed E-state index contributed by atoms with van der Waals surface area (Å²) in [5.41, 5.74) is 7.81. The van der Waals surface area contributed by atoms with E-state index in [1.54, 1.807) is 64.4 Å². The normalized spacial score (nSPS) is 17.3. The quantitative estimate of drug-likeness (QED) is 0.0372. The Morgan fingerprint density at radius 3 is 2.11 bits per heavy atom. The van der Waals surface area contributed by atoms with E-state index in [1.165, 1.54) is 4.90 Å². The summed E-state index contributed by atoms with van der Waals surface area (Å²) in [7, 11) is 1.72. The molecule has 4 aromatic heterocycles. The van der Waals surface area contributed by atoms with Crippen molar-refractivity contribution in [1.29, 1.82) is 5.26 Å². The maximum atomic E-state index is 14.1. The van der Waals surface area contributed by atoms with E-state index in [1.807, 2.05) is 98.9 Å². The van der Waals surface area contributed by atoms with Gasteiger partial charge >= 0.3 is 6.03 Å². The van der Waals surface area contributed by atoms with Gasteiger partial charge in [-0.2, -0.15) is 10.4 Å². The SMILES string of the molecule is Cc1ncsc1-c1ccc(CNC(=O)[C@@H]2C[C@@H](O)CN2C(=O)[C@@H](NC(=O)COCCOCCOCCOCCn2cc(CNC(=O)N(c3ccc(-c4ccc(=O)n(C)c4)cc3)[C@H]3CC[C@H](Nc4ccc(C#N)cn4)CC3)cn2)C(C)(C)C)cc1. The number of aliphatic hydroxyl groups excluding tert-OH is 1. The van der Waals surface area contributed by atoms with Crippen LogP contribution in [0.3, 0.4) is 0 Å². The molecule has 1 aliphatic carbocycles. The zero-order valence-corrected chi connectivity index (χ0v) is 49.1. The van der Waals surface area contributed by atoms with E-state index in [4.69, 9.17) is 24.2 Å². The molecule has 1 aliphatic heterocycles. The number of anilines is 2. The molecule has 2 aliphatic rings. The second-order valence-electron chi connectivity index (χ2n) is 22.1. The Kier molecular flexibility index (Phi) is 22.3. The number of amides is 5. The largest absolute Gasteiger partial charge is 0.391 e. The summed E-state index contributed by atoms with van der Waals surface area (Å²) < 4.78 is 25.9. The first-order chi connectivity index (χ1) is 40.5. The van der Waals surface area contributed by atoms with Crippen molar-refractivity contribution in [2.24, 2.45) is 12.5 Å². The number of benzene rings is 2. The lowest BCUT2D eigenvalue weighted by atomic mass is 9.85. The fraction of sp³-hybridized carbons (Fsp3) is 0.459. The van der Waals surface area contributed by atoms with Crippen LogP contribution in [0.1, 0.15) is 75.3 Å². The number of aromatic nitrogens is 5. The number of nitrogens with zero attached hydrogens (tertiary/aromatic N) is 8. The zero-order valence-electron chi connectivity index (χ0n) is 48.3. The van der Waals surface area contributed by atoms with E-state index in [-0.39, 0.29) is 75.5 Å². The summed E-state index contributed by atoms with van der Waals surface area (Å²) in [6.07, 6.45) is 9.33. The molecule has 23 heteroatoms. The first-order valence-electron chi connectivity index (χ1n) is 28.4. The number of hydrogen-bond acceptors (Lipinski definition) is 16. The van der Waals surface area contributed by atoms with Crippen molar-refractivity contribution in [2.45, 2.75) is 110 Å². The van der Waals surface area contributed by atoms with Gasteiger partial charge in [0.05, 0.1) is 86.7 Å². The van der Waals surface area contributed by atoms with E-state index in [2.05, 4.69) is 42.4 Å². The van der Waals surface area contributed by atoms with Crippen LogP contribution in [0.4, 0.5) is 16.3 Å². The number of β-amino-alcohol motifs (C(OH)–C–C–N with tert-alkyl or cyclic N) is 1. The van der Waals surface area contributed by atoms with Crippen LogP contribution < -0.4 is 31.7 Å². The number of thiazole rings is 1. The predicted molar refractivity (Wildman–Crippen MR) is 318 cm³/mol. The first-order valence-corrected chi connectivity index (χ1v) is 29.2. The van der Waals surface area contributed by atoms with Crippen molar-refractivity contribution in [3.63, 3.8) is 0 Å².